The van der Waals surface area contributed by atoms with E-state index in [1.54, 1.807) is 72.8 Å². The van der Waals surface area contributed by atoms with Gasteiger partial charge in [0.15, 0.2) is 0 Å². The summed E-state index contributed by atoms with van der Waals surface area (Å²) >= 11 is 0. The highest BCUT2D eigenvalue weighted by molar-refractivity contribution is 7.90. The average Bonchev–Trinajstić information content (AvgIpc) is 1.53. The van der Waals surface area contributed by atoms with Crippen LogP contribution in [0.1, 0.15) is 177 Å². The van der Waals surface area contributed by atoms with Gasteiger partial charge in [0, 0.05) is 108 Å². The normalized spacial score (nSPS) is 15.7. The smallest absolute Gasteiger partial charge is 0.312 e. The molecular weight excluding hydrogens is 1520 g/mol. The quantitative estimate of drug-likeness (QED) is 0.00938. The van der Waals surface area contributed by atoms with Crippen LogP contribution in [0.15, 0.2) is 53.1 Å². The van der Waals surface area contributed by atoms with Crippen LogP contribution in [-0.4, -0.2) is 254 Å². The molecule has 0 unspecified atom stereocenters. The Kier molecular flexibility index (Phi) is 41.2. The number of rotatable bonds is 50. The number of sulfone groups is 1. The molecule has 11 atom stereocenters. The molecule has 37 heteroatoms. The number of likely N-dealkylation sites (N-methyl/N-ethyl adjacent to an activating group) is 2. The molecule has 0 aliphatic carbocycles. The highest BCUT2D eigenvalue weighted by Gasteiger charge is 2.44. The number of hydrogen-bond donors (Lipinski definition) is 9. The molecule has 1 aliphatic heterocycles. The topological polar surface area (TPSA) is 479 Å². The van der Waals surface area contributed by atoms with Gasteiger partial charge in [0.25, 0.3) is 0 Å². The molecule has 4 rings (SSSR count). The van der Waals surface area contributed by atoms with E-state index in [0.29, 0.717) is 80.5 Å². The van der Waals surface area contributed by atoms with E-state index in [2.05, 4.69) is 84.7 Å². The molecule has 3 heterocycles. The first-order valence-electron chi connectivity index (χ1n) is 39.7. The number of nitrogens with zero attached hydrogens (tertiary/aromatic N) is 11. The van der Waals surface area contributed by atoms with Gasteiger partial charge >= 0.3 is 6.03 Å². The third-order valence-corrected chi connectivity index (χ3v) is 21.2. The second-order valence-corrected chi connectivity index (χ2v) is 34.1. The standard InChI is InChI=1S/C79H128N20O16S/c1-20-52(8)69(97(16)75(108)67(50(4)5)91-74(107)68(51(6)7)96(14)15)61(112-17)41-65(103)99-37-25-28-60(99)70(113-18)53(9)71(104)88-57(45-86-94-81)40-54-30-32-56(33-31-54)87-72(105)59(27-24-36-82-76(80)109)89-73(106)66(49(2)3)90-63(101)47-114-48-64(102)92-78(10,11)35-39-115-79(12,13)34-38-98-46-58(93-95-98)44-83-62(100)29-23-21-22-26-55-42-84-77(85-43-55)116(19,110)111/h30-33,42-43,46,49-53,57,59-61,66-70H,20-21,23-25,27-29,34-41,44-45,47-48H2,1-19H3,(H,83,100)(H,87,105)(H,88,104)(H,89,106)(H,90,101)(H,91,107)(H,92,102)(H3,80,82,109)/t52-,53+,57-,59-,60-,61+,66-,67-,68-,69-,70+/m0/s1. The van der Waals surface area contributed by atoms with Crippen molar-refractivity contribution in [3.63, 3.8) is 0 Å². The van der Waals surface area contributed by atoms with Crippen molar-refractivity contribution in [1.29, 1.82) is 0 Å². The van der Waals surface area contributed by atoms with Crippen molar-refractivity contribution < 1.29 is 75.3 Å². The molecule has 1 aliphatic rings. The zero-order valence-electron chi connectivity index (χ0n) is 71.2. The van der Waals surface area contributed by atoms with E-state index in [4.69, 9.17) is 24.7 Å². The van der Waals surface area contributed by atoms with E-state index in [0.717, 1.165) is 6.26 Å². The number of hydrogen-bond acceptors (Lipinski definition) is 22. The van der Waals surface area contributed by atoms with Gasteiger partial charge in [-0.05, 0) is 140 Å². The Hall–Kier alpha value is -9.44. The first-order valence-corrected chi connectivity index (χ1v) is 41.6. The molecule has 0 radical (unpaired) electrons. The number of primary amides is 1. The number of azide groups is 1. The molecule has 0 spiro atoms. The van der Waals surface area contributed by atoms with Crippen LogP contribution in [0.3, 0.4) is 0 Å². The first-order chi connectivity index (χ1) is 54.5. The van der Waals surface area contributed by atoms with Crippen LogP contribution in [0.4, 0.5) is 10.5 Å². The van der Waals surface area contributed by atoms with E-state index >= 15 is 0 Å². The van der Waals surface area contributed by atoms with Gasteiger partial charge in [-0.15, -0.1) is 5.10 Å². The van der Waals surface area contributed by atoms with Crippen LogP contribution in [-0.2, 0) is 91.4 Å². The van der Waals surface area contributed by atoms with Crippen LogP contribution in [0.2, 0.25) is 0 Å². The van der Waals surface area contributed by atoms with Gasteiger partial charge in [0.2, 0.25) is 68.2 Å². The maximum atomic E-state index is 14.6. The second kappa shape index (κ2) is 48.3. The lowest BCUT2D eigenvalue weighted by Crippen LogP contribution is -2.59. The first kappa shape index (κ1) is 98.9. The monoisotopic (exact) mass is 1640 g/mol. The number of urea groups is 1. The number of methoxy groups -OCH3 is 2. The number of aromatic nitrogens is 5. The molecular formula is C79H128N20O16S. The Labute approximate surface area is 683 Å². The fraction of sp³-hybridized carbons (Fsp3) is 0.696. The number of amides is 11. The van der Waals surface area contributed by atoms with Crippen LogP contribution >= 0.6 is 0 Å². The van der Waals surface area contributed by atoms with Crippen molar-refractivity contribution in [3.8, 4) is 11.8 Å². The number of anilines is 1. The number of benzene rings is 1. The minimum absolute atomic E-state index is 0.0165. The summed E-state index contributed by atoms with van der Waals surface area (Å²) in [6.07, 6.45) is 8.29. The Morgan fingerprint density at radius 2 is 1.47 bits per heavy atom. The number of nitrogens with one attached hydrogen (secondary N) is 8. The van der Waals surface area contributed by atoms with Crippen molar-refractivity contribution in [2.75, 3.05) is 86.4 Å². The summed E-state index contributed by atoms with van der Waals surface area (Å²) < 4.78 is 48.7. The third-order valence-electron chi connectivity index (χ3n) is 20.3. The van der Waals surface area contributed by atoms with Crippen molar-refractivity contribution in [3.05, 3.63) is 70.1 Å². The molecule has 0 saturated carbocycles. The molecule has 2 aromatic heterocycles. The van der Waals surface area contributed by atoms with Gasteiger partial charge in [0.1, 0.15) is 37.0 Å². The van der Waals surface area contributed by atoms with Crippen molar-refractivity contribution in [2.24, 2.45) is 40.4 Å². The Morgan fingerprint density at radius 3 is 2.06 bits per heavy atom. The van der Waals surface area contributed by atoms with Gasteiger partial charge in [-0.3, -0.25) is 52.7 Å². The number of carbonyl (C=O) groups is 10. The summed E-state index contributed by atoms with van der Waals surface area (Å²) in [6.45, 7) is 24.5. The van der Waals surface area contributed by atoms with Gasteiger partial charge in [-0.25, -0.2) is 23.2 Å². The summed E-state index contributed by atoms with van der Waals surface area (Å²) in [7, 11) is 4.84. The van der Waals surface area contributed by atoms with Crippen LogP contribution in [0, 0.1) is 41.4 Å². The number of aryl methyl sites for hydroxylation is 1. The highest BCUT2D eigenvalue weighted by atomic mass is 32.2. The van der Waals surface area contributed by atoms with Crippen LogP contribution in [0.5, 0.6) is 0 Å². The lowest BCUT2D eigenvalue weighted by Gasteiger charge is -2.41. The number of likely N-dealkylation sites (tertiary alicyclic amines) is 1. The minimum Gasteiger partial charge on any atom is -0.379 e. The SMILES string of the molecule is CC[C@H](C)[C@@H]([C@@H](CC(=O)N1CCC[C@H]1[C@H](OC)[C@@H](C)C(=O)N[C@H](CN=[N+]=[N-])Cc1ccc(NC(=O)[C@H](CCCNC(N)=O)NC(=O)[C@@H](NC(=O)COCC(=O)NC(C)(C)CCOC(C)(C)CCn2cc(CNC(=O)CCCC#Cc3cnc(S(C)(=O)=O)nc3)nn2)C(C)C)cc1)OC)N(C)C(=O)[C@@H](NC(=O)[C@H](C(C)C)N(C)C)C(C)C. The van der Waals surface area contributed by atoms with E-state index < -0.39 is 136 Å². The summed E-state index contributed by atoms with van der Waals surface area (Å²) in [5, 5.41) is 34.3. The minimum atomic E-state index is -3.51. The lowest BCUT2D eigenvalue weighted by atomic mass is 9.89. The molecule has 11 amide bonds. The molecule has 1 fully saturated rings. The summed E-state index contributed by atoms with van der Waals surface area (Å²) in [5.41, 5.74) is 15.4. The molecule has 0 bridgehead atoms. The maximum Gasteiger partial charge on any atom is 0.312 e. The van der Waals surface area contributed by atoms with E-state index in [1.165, 1.54) is 26.6 Å². The van der Waals surface area contributed by atoms with E-state index in [9.17, 15) is 61.9 Å². The van der Waals surface area contributed by atoms with E-state index in [-0.39, 0.29) is 105 Å². The van der Waals surface area contributed by atoms with Crippen molar-refractivity contribution >= 4 is 74.7 Å². The Bertz CT molecular complexity index is 3930. The van der Waals surface area contributed by atoms with Crippen LogP contribution < -0.4 is 48.3 Å². The van der Waals surface area contributed by atoms with Gasteiger partial charge < -0.3 is 77.0 Å². The molecule has 1 aromatic carbocycles. The largest absolute Gasteiger partial charge is 0.379 e. The number of ether oxygens (including phenoxy) is 4. The third kappa shape index (κ3) is 33.6. The Balaban J connectivity index is 1.28. The molecule has 3 aromatic rings. The zero-order valence-corrected chi connectivity index (χ0v) is 72.0. The molecule has 36 nitrogen and oxygen atoms in total. The van der Waals surface area contributed by atoms with Gasteiger partial charge in [-0.1, -0.05) is 103 Å². The zero-order chi connectivity index (χ0) is 86.8. The summed E-state index contributed by atoms with van der Waals surface area (Å²) in [5.74, 6) is 0.208. The summed E-state index contributed by atoms with van der Waals surface area (Å²) in [4.78, 5) is 151. The van der Waals surface area contributed by atoms with E-state index in [1.807, 2.05) is 88.2 Å². The predicted octanol–water partition coefficient (Wildman–Crippen LogP) is 4.49. The maximum absolute atomic E-state index is 14.6. The van der Waals surface area contributed by atoms with Crippen LogP contribution in [0.25, 0.3) is 10.4 Å². The van der Waals surface area contributed by atoms with Gasteiger partial charge in [-0.2, -0.15) is 0 Å². The summed E-state index contributed by atoms with van der Waals surface area (Å²) in [6, 6.07) is 0.472. The number of carbonyl (C=O) groups excluding carboxylic acids is 10. The molecule has 10 N–H and O–H groups in total. The van der Waals surface area contributed by atoms with Crippen molar-refractivity contribution in [1.82, 2.24) is 76.9 Å². The molecule has 646 valence electrons. The fourth-order valence-electron chi connectivity index (χ4n) is 13.7. The molecule has 1 saturated heterocycles. The number of unbranched alkanes of at least 4 members (excludes halogenated alkanes) is 1. The average molecular weight is 1650 g/mol. The second-order valence-electron chi connectivity index (χ2n) is 32.2. The lowest BCUT2D eigenvalue weighted by molar-refractivity contribution is -0.148. The molecule has 116 heavy (non-hydrogen) atoms. The highest BCUT2D eigenvalue weighted by Crippen LogP contribution is 2.31. The number of nitrogens with two attached hydrogens (primary N) is 1. The fourth-order valence-corrected chi connectivity index (χ4v) is 14.2. The predicted molar refractivity (Wildman–Crippen MR) is 435 cm³/mol. The van der Waals surface area contributed by atoms with Crippen molar-refractivity contribution in [2.45, 2.75) is 251 Å². The van der Waals surface area contributed by atoms with Gasteiger partial charge in [0.05, 0.1) is 66.6 Å². The Morgan fingerprint density at radius 1 is 0.802 bits per heavy atom.